The fourth-order valence-electron chi connectivity index (χ4n) is 3.31. The average molecular weight is 538 g/mol. The summed E-state index contributed by atoms with van der Waals surface area (Å²) in [5.74, 6) is 1.28. The summed E-state index contributed by atoms with van der Waals surface area (Å²) in [4.78, 5) is 24.1. The number of rotatable bonds is 5. The van der Waals surface area contributed by atoms with Crippen LogP contribution in [-0.2, 0) is 11.3 Å². The molecule has 2 heterocycles. The summed E-state index contributed by atoms with van der Waals surface area (Å²) in [6.07, 6.45) is 2.98. The van der Waals surface area contributed by atoms with Crippen LogP contribution in [-0.4, -0.2) is 54.2 Å². The second kappa shape index (κ2) is 11.9. The summed E-state index contributed by atoms with van der Waals surface area (Å²) in [6.45, 7) is 12.9. The molecule has 0 aliphatic carbocycles. The first-order valence-corrected chi connectivity index (χ1v) is 10.8. The molecule has 2 rings (SSSR count). The highest BCUT2D eigenvalue weighted by atomic mass is 127. The van der Waals surface area contributed by atoms with Crippen molar-refractivity contribution >= 4 is 47.4 Å². The predicted molar refractivity (Wildman–Crippen MR) is 130 cm³/mol. The Morgan fingerprint density at radius 2 is 2.07 bits per heavy atom. The molecule has 0 bridgehead atoms. The highest BCUT2D eigenvalue weighted by Gasteiger charge is 2.27. The number of hydrogen-bond donors (Lipinski definition) is 2. The molecule has 1 aliphatic heterocycles. The van der Waals surface area contributed by atoms with E-state index in [1.54, 1.807) is 18.4 Å². The first-order chi connectivity index (χ1) is 13.2. The Bertz CT molecular complexity index is 687. The van der Waals surface area contributed by atoms with Crippen LogP contribution >= 0.6 is 35.3 Å². The summed E-state index contributed by atoms with van der Waals surface area (Å²) in [5, 5.41) is 7.83. The quantitative estimate of drug-likeness (QED) is 0.336. The number of thiazole rings is 1. The van der Waals surface area contributed by atoms with Crippen molar-refractivity contribution in [1.82, 2.24) is 20.5 Å². The van der Waals surface area contributed by atoms with Gasteiger partial charge in [0.25, 0.3) is 0 Å². The van der Waals surface area contributed by atoms with E-state index in [4.69, 9.17) is 4.74 Å². The third-order valence-corrected chi connectivity index (χ3v) is 5.73. The van der Waals surface area contributed by atoms with Crippen molar-refractivity contribution in [2.24, 2.45) is 10.9 Å². The third kappa shape index (κ3) is 9.06. The van der Waals surface area contributed by atoms with Crippen LogP contribution in [0.5, 0.6) is 0 Å². The highest BCUT2D eigenvalue weighted by molar-refractivity contribution is 14.0. The molecule has 166 valence electrons. The number of aliphatic imine (C=N–C) groups is 1. The minimum Gasteiger partial charge on any atom is -0.444 e. The summed E-state index contributed by atoms with van der Waals surface area (Å²) in [7, 11) is 1.78. The smallest absolute Gasteiger partial charge is 0.410 e. The molecule has 0 radical (unpaired) electrons. The molecule has 1 amide bonds. The van der Waals surface area contributed by atoms with Crippen LogP contribution in [0, 0.1) is 19.8 Å². The van der Waals surface area contributed by atoms with Crippen molar-refractivity contribution < 1.29 is 9.53 Å². The molecular weight excluding hydrogens is 501 g/mol. The largest absolute Gasteiger partial charge is 0.444 e. The first kappa shape index (κ1) is 25.9. The van der Waals surface area contributed by atoms with Gasteiger partial charge in [0.1, 0.15) is 5.60 Å². The zero-order valence-electron chi connectivity index (χ0n) is 18.5. The number of likely N-dealkylation sites (tertiary alicyclic amines) is 1. The van der Waals surface area contributed by atoms with Gasteiger partial charge in [-0.3, -0.25) is 4.99 Å². The van der Waals surface area contributed by atoms with Crippen LogP contribution in [0.3, 0.4) is 0 Å². The molecule has 1 unspecified atom stereocenters. The number of amides is 1. The van der Waals surface area contributed by atoms with Crippen LogP contribution in [0.15, 0.2) is 4.99 Å². The Balaban J connectivity index is 0.00000420. The number of guanidine groups is 1. The van der Waals surface area contributed by atoms with E-state index in [0.717, 1.165) is 62.1 Å². The average Bonchev–Trinajstić information content (AvgIpc) is 2.94. The van der Waals surface area contributed by atoms with Gasteiger partial charge in [0.2, 0.25) is 0 Å². The Morgan fingerprint density at radius 3 is 2.66 bits per heavy atom. The molecule has 1 saturated heterocycles. The zero-order chi connectivity index (χ0) is 20.7. The lowest BCUT2D eigenvalue weighted by Gasteiger charge is -2.34. The van der Waals surface area contributed by atoms with Crippen molar-refractivity contribution in [2.75, 3.05) is 26.7 Å². The van der Waals surface area contributed by atoms with E-state index in [1.165, 1.54) is 4.88 Å². The molecule has 1 fully saturated rings. The molecule has 1 aliphatic rings. The van der Waals surface area contributed by atoms with Crippen LogP contribution in [0.2, 0.25) is 0 Å². The van der Waals surface area contributed by atoms with Gasteiger partial charge < -0.3 is 20.3 Å². The maximum atomic E-state index is 12.3. The summed E-state index contributed by atoms with van der Waals surface area (Å²) in [6, 6.07) is 0. The van der Waals surface area contributed by atoms with Gasteiger partial charge in [0, 0.05) is 31.6 Å². The van der Waals surface area contributed by atoms with Gasteiger partial charge in [-0.05, 0) is 59.8 Å². The third-order valence-electron chi connectivity index (χ3n) is 4.66. The number of aromatic nitrogens is 1. The maximum absolute atomic E-state index is 12.3. The van der Waals surface area contributed by atoms with E-state index < -0.39 is 5.60 Å². The first-order valence-electron chi connectivity index (χ1n) is 10.0. The SMILES string of the molecule is CN=C(NCCC1CCCN(C(=O)OC(C)(C)C)C1)NCc1sc(C)nc1C.I. The van der Waals surface area contributed by atoms with Crippen LogP contribution in [0.1, 0.15) is 55.6 Å². The number of carbonyl (C=O) groups is 1. The summed E-state index contributed by atoms with van der Waals surface area (Å²) >= 11 is 1.71. The number of nitrogens with one attached hydrogen (secondary N) is 2. The molecule has 9 heteroatoms. The summed E-state index contributed by atoms with van der Waals surface area (Å²) < 4.78 is 5.51. The monoisotopic (exact) mass is 537 g/mol. The van der Waals surface area contributed by atoms with Crippen molar-refractivity contribution in [1.29, 1.82) is 0 Å². The number of ether oxygens (including phenoxy) is 1. The van der Waals surface area contributed by atoms with Gasteiger partial charge in [0.05, 0.1) is 17.2 Å². The van der Waals surface area contributed by atoms with Gasteiger partial charge in [-0.2, -0.15) is 0 Å². The van der Waals surface area contributed by atoms with Crippen molar-refractivity contribution in [2.45, 2.75) is 66.0 Å². The second-order valence-corrected chi connectivity index (χ2v) is 9.61. The molecule has 29 heavy (non-hydrogen) atoms. The molecule has 7 nitrogen and oxygen atoms in total. The molecule has 0 saturated carbocycles. The van der Waals surface area contributed by atoms with E-state index in [0.29, 0.717) is 5.92 Å². The van der Waals surface area contributed by atoms with Gasteiger partial charge in [-0.15, -0.1) is 35.3 Å². The Morgan fingerprint density at radius 1 is 1.34 bits per heavy atom. The fourth-order valence-corrected chi connectivity index (χ4v) is 4.19. The van der Waals surface area contributed by atoms with Gasteiger partial charge >= 0.3 is 6.09 Å². The van der Waals surface area contributed by atoms with Crippen molar-refractivity contribution in [3.63, 3.8) is 0 Å². The minimum atomic E-state index is -0.446. The maximum Gasteiger partial charge on any atom is 0.410 e. The molecule has 0 spiro atoms. The van der Waals surface area contributed by atoms with E-state index in [9.17, 15) is 4.79 Å². The topological polar surface area (TPSA) is 78.9 Å². The zero-order valence-corrected chi connectivity index (χ0v) is 21.6. The minimum absolute atomic E-state index is 0. The highest BCUT2D eigenvalue weighted by Crippen LogP contribution is 2.21. The lowest BCUT2D eigenvalue weighted by atomic mass is 9.95. The Hall–Kier alpha value is -1.10. The fraction of sp³-hybridized carbons (Fsp3) is 0.750. The molecule has 0 aromatic carbocycles. The molecule has 2 N–H and O–H groups in total. The van der Waals surface area contributed by atoms with E-state index in [-0.39, 0.29) is 30.1 Å². The van der Waals surface area contributed by atoms with Gasteiger partial charge in [0.15, 0.2) is 5.96 Å². The number of aryl methyl sites for hydroxylation is 2. The Kier molecular flexibility index (Phi) is 10.7. The molecular formula is C20H36IN5O2S. The number of halogens is 1. The lowest BCUT2D eigenvalue weighted by molar-refractivity contribution is 0.0162. The molecule has 1 atom stereocenters. The van der Waals surface area contributed by atoms with Crippen molar-refractivity contribution in [3.8, 4) is 0 Å². The number of carbonyl (C=O) groups excluding carboxylic acids is 1. The van der Waals surface area contributed by atoms with Crippen LogP contribution in [0.25, 0.3) is 0 Å². The number of nitrogens with zero attached hydrogens (tertiary/aromatic N) is 3. The number of hydrogen-bond acceptors (Lipinski definition) is 5. The van der Waals surface area contributed by atoms with E-state index in [2.05, 4.69) is 20.6 Å². The van der Waals surface area contributed by atoms with Crippen LogP contribution in [0.4, 0.5) is 4.79 Å². The van der Waals surface area contributed by atoms with Crippen LogP contribution < -0.4 is 10.6 Å². The molecule has 1 aromatic heterocycles. The second-order valence-electron chi connectivity index (χ2n) is 8.32. The summed E-state index contributed by atoms with van der Waals surface area (Å²) in [5.41, 5.74) is 0.633. The predicted octanol–water partition coefficient (Wildman–Crippen LogP) is 4.08. The normalized spacial score (nSPS) is 17.5. The van der Waals surface area contributed by atoms with Crippen molar-refractivity contribution in [3.05, 3.63) is 15.6 Å². The van der Waals surface area contributed by atoms with Gasteiger partial charge in [-0.25, -0.2) is 9.78 Å². The number of piperidine rings is 1. The van der Waals surface area contributed by atoms with E-state index >= 15 is 0 Å². The lowest BCUT2D eigenvalue weighted by Crippen LogP contribution is -2.44. The van der Waals surface area contributed by atoms with E-state index in [1.807, 2.05) is 39.5 Å². The Labute approximate surface area is 196 Å². The van der Waals surface area contributed by atoms with Gasteiger partial charge in [-0.1, -0.05) is 0 Å². The standard InChI is InChI=1S/C20H35N5O2S.HI/c1-14-17(28-15(2)24-14)12-23-18(21-6)22-10-9-16-8-7-11-25(13-16)19(26)27-20(3,4)5;/h16H,7-13H2,1-6H3,(H2,21,22,23);1H. The molecule has 1 aromatic rings.